The van der Waals surface area contributed by atoms with E-state index in [0.29, 0.717) is 17.8 Å². The topological polar surface area (TPSA) is 45.8 Å². The second kappa shape index (κ2) is 3.81. The van der Waals surface area contributed by atoms with E-state index in [1.807, 2.05) is 6.92 Å². The molecule has 1 N–H and O–H groups in total. The number of halogens is 1. The molecule has 0 fully saturated rings. The van der Waals surface area contributed by atoms with Gasteiger partial charge in [-0.3, -0.25) is 4.79 Å². The number of aromatic amines is 1. The molecule has 1 aromatic carbocycles. The predicted octanol–water partition coefficient (Wildman–Crippen LogP) is 2.01. The van der Waals surface area contributed by atoms with Gasteiger partial charge in [0.15, 0.2) is 0 Å². The zero-order valence-corrected chi connectivity index (χ0v) is 8.38. The second-order valence-electron chi connectivity index (χ2n) is 3.40. The molecule has 0 saturated carbocycles. The van der Waals surface area contributed by atoms with Gasteiger partial charge in [0.25, 0.3) is 5.56 Å². The first-order valence-electron chi connectivity index (χ1n) is 4.89. The first-order chi connectivity index (χ1) is 7.22. The number of hydrogen-bond donors (Lipinski definition) is 1. The van der Waals surface area contributed by atoms with Crippen LogP contribution in [0.5, 0.6) is 0 Å². The molecule has 0 atom stereocenters. The van der Waals surface area contributed by atoms with Crippen molar-refractivity contribution in [3.05, 3.63) is 40.2 Å². The summed E-state index contributed by atoms with van der Waals surface area (Å²) >= 11 is 0. The Morgan fingerprint density at radius 2 is 2.27 bits per heavy atom. The third kappa shape index (κ3) is 1.75. The zero-order valence-electron chi connectivity index (χ0n) is 8.38. The van der Waals surface area contributed by atoms with Gasteiger partial charge in [0.05, 0.1) is 5.52 Å². The molecule has 3 nitrogen and oxygen atoms in total. The van der Waals surface area contributed by atoms with Crippen LogP contribution in [0.15, 0.2) is 23.0 Å². The van der Waals surface area contributed by atoms with E-state index >= 15 is 0 Å². The number of benzene rings is 1. The van der Waals surface area contributed by atoms with Crippen molar-refractivity contribution < 1.29 is 4.39 Å². The maximum absolute atomic E-state index is 13.3. The molecule has 1 heterocycles. The summed E-state index contributed by atoms with van der Waals surface area (Å²) in [6, 6.07) is 4.46. The van der Waals surface area contributed by atoms with Crippen molar-refractivity contribution in [2.45, 2.75) is 19.8 Å². The smallest absolute Gasteiger partial charge is 0.261 e. The molecule has 0 aliphatic rings. The van der Waals surface area contributed by atoms with E-state index in [9.17, 15) is 9.18 Å². The number of fused-ring (bicyclic) bond motifs is 1. The molecule has 0 saturated heterocycles. The van der Waals surface area contributed by atoms with E-state index < -0.39 is 11.4 Å². The zero-order chi connectivity index (χ0) is 10.8. The Labute approximate surface area is 86.0 Å². The minimum atomic E-state index is -0.524. The van der Waals surface area contributed by atoms with Gasteiger partial charge in [-0.05, 0) is 18.6 Å². The summed E-state index contributed by atoms with van der Waals surface area (Å²) in [6.07, 6.45) is 1.59. The number of aryl methyl sites for hydroxylation is 1. The third-order valence-electron chi connectivity index (χ3n) is 2.22. The number of H-pyrrole nitrogens is 1. The fourth-order valence-corrected chi connectivity index (χ4v) is 1.55. The Hall–Kier alpha value is -1.71. The molecular weight excluding hydrogens is 195 g/mol. The Morgan fingerprint density at radius 1 is 1.47 bits per heavy atom. The molecule has 0 radical (unpaired) electrons. The average Bonchev–Trinajstić information content (AvgIpc) is 2.17. The lowest BCUT2D eigenvalue weighted by Crippen LogP contribution is -2.13. The highest BCUT2D eigenvalue weighted by Gasteiger charge is 2.07. The molecule has 2 aromatic rings. The van der Waals surface area contributed by atoms with Crippen LogP contribution in [-0.4, -0.2) is 9.97 Å². The van der Waals surface area contributed by atoms with Crippen LogP contribution in [0.3, 0.4) is 0 Å². The molecule has 0 spiro atoms. The lowest BCUT2D eigenvalue weighted by molar-refractivity contribution is 0.637. The normalized spacial score (nSPS) is 10.8. The van der Waals surface area contributed by atoms with Crippen LogP contribution in [-0.2, 0) is 6.42 Å². The molecule has 0 bridgehead atoms. The summed E-state index contributed by atoms with van der Waals surface area (Å²) in [4.78, 5) is 18.3. The summed E-state index contributed by atoms with van der Waals surface area (Å²) in [5.41, 5.74) is 0.0174. The van der Waals surface area contributed by atoms with Crippen LogP contribution in [0, 0.1) is 5.82 Å². The van der Waals surface area contributed by atoms with Crippen molar-refractivity contribution in [2.75, 3.05) is 0 Å². The van der Waals surface area contributed by atoms with Gasteiger partial charge in [-0.15, -0.1) is 0 Å². The van der Waals surface area contributed by atoms with Crippen LogP contribution < -0.4 is 5.56 Å². The highest BCUT2D eigenvalue weighted by molar-refractivity contribution is 5.77. The summed E-state index contributed by atoms with van der Waals surface area (Å²) in [7, 11) is 0. The van der Waals surface area contributed by atoms with Crippen molar-refractivity contribution in [1.82, 2.24) is 9.97 Å². The molecule has 2 rings (SSSR count). The number of nitrogens with zero attached hydrogens (tertiary/aromatic N) is 1. The fraction of sp³-hybridized carbons (Fsp3) is 0.273. The largest absolute Gasteiger partial charge is 0.310 e. The first-order valence-corrected chi connectivity index (χ1v) is 4.89. The Balaban J connectivity index is 2.73. The van der Waals surface area contributed by atoms with Crippen molar-refractivity contribution >= 4 is 10.9 Å². The van der Waals surface area contributed by atoms with Gasteiger partial charge in [-0.2, -0.15) is 0 Å². The van der Waals surface area contributed by atoms with E-state index in [0.717, 1.165) is 6.42 Å². The van der Waals surface area contributed by atoms with Gasteiger partial charge in [0, 0.05) is 6.42 Å². The number of nitrogens with one attached hydrogen (secondary N) is 1. The molecule has 1 aromatic heterocycles. The molecule has 0 aliphatic carbocycles. The highest BCUT2D eigenvalue weighted by Crippen LogP contribution is 2.11. The SMILES string of the molecule is CCCc1nc2cccc(F)c2c(=O)[nH]1. The highest BCUT2D eigenvalue weighted by atomic mass is 19.1. The average molecular weight is 206 g/mol. The van der Waals surface area contributed by atoms with Gasteiger partial charge >= 0.3 is 0 Å². The van der Waals surface area contributed by atoms with E-state index in [1.165, 1.54) is 6.07 Å². The van der Waals surface area contributed by atoms with Crippen molar-refractivity contribution in [2.24, 2.45) is 0 Å². The van der Waals surface area contributed by atoms with E-state index in [2.05, 4.69) is 9.97 Å². The van der Waals surface area contributed by atoms with Gasteiger partial charge in [-0.25, -0.2) is 9.37 Å². The maximum Gasteiger partial charge on any atom is 0.261 e. The molecule has 0 amide bonds. The van der Waals surface area contributed by atoms with Crippen LogP contribution >= 0.6 is 0 Å². The second-order valence-corrected chi connectivity index (χ2v) is 3.40. The minimum absolute atomic E-state index is 0.0392. The van der Waals surface area contributed by atoms with E-state index in [-0.39, 0.29) is 5.39 Å². The summed E-state index contributed by atoms with van der Waals surface area (Å²) in [6.45, 7) is 2.00. The molecule has 4 heteroatoms. The maximum atomic E-state index is 13.3. The van der Waals surface area contributed by atoms with Crippen LogP contribution in [0.2, 0.25) is 0 Å². The van der Waals surface area contributed by atoms with Crippen molar-refractivity contribution in [3.63, 3.8) is 0 Å². The van der Waals surface area contributed by atoms with Crippen molar-refractivity contribution in [1.29, 1.82) is 0 Å². The minimum Gasteiger partial charge on any atom is -0.310 e. The molecule has 78 valence electrons. The molecule has 15 heavy (non-hydrogen) atoms. The Kier molecular flexibility index (Phi) is 2.49. The Morgan fingerprint density at radius 3 is 3.00 bits per heavy atom. The van der Waals surface area contributed by atoms with E-state index in [4.69, 9.17) is 0 Å². The number of hydrogen-bond acceptors (Lipinski definition) is 2. The van der Waals surface area contributed by atoms with E-state index in [1.54, 1.807) is 12.1 Å². The van der Waals surface area contributed by atoms with Gasteiger partial charge in [0.2, 0.25) is 0 Å². The monoisotopic (exact) mass is 206 g/mol. The lowest BCUT2D eigenvalue weighted by Gasteiger charge is -2.01. The predicted molar refractivity (Wildman–Crippen MR) is 56.3 cm³/mol. The number of rotatable bonds is 2. The van der Waals surface area contributed by atoms with Gasteiger partial charge < -0.3 is 4.98 Å². The molecule has 0 unspecified atom stereocenters. The third-order valence-corrected chi connectivity index (χ3v) is 2.22. The fourth-order valence-electron chi connectivity index (χ4n) is 1.55. The lowest BCUT2D eigenvalue weighted by atomic mass is 10.2. The summed E-state index contributed by atoms with van der Waals surface area (Å²) in [5, 5.41) is 0.0392. The van der Waals surface area contributed by atoms with Crippen molar-refractivity contribution in [3.8, 4) is 0 Å². The quantitative estimate of drug-likeness (QED) is 0.817. The van der Waals surface area contributed by atoms with Crippen LogP contribution in [0.4, 0.5) is 4.39 Å². The Bertz CT molecular complexity index is 548. The standard InChI is InChI=1S/C11H11FN2O/c1-2-4-9-13-8-6-3-5-7(12)10(8)11(15)14-9/h3,5-6H,2,4H2,1H3,(H,13,14,15). The van der Waals surface area contributed by atoms with Gasteiger partial charge in [-0.1, -0.05) is 13.0 Å². The van der Waals surface area contributed by atoms with Crippen LogP contribution in [0.25, 0.3) is 10.9 Å². The first kappa shape index (κ1) is 9.83. The molecular formula is C11H11FN2O. The van der Waals surface area contributed by atoms with Crippen LogP contribution in [0.1, 0.15) is 19.2 Å². The summed E-state index contributed by atoms with van der Waals surface area (Å²) in [5.74, 6) is 0.0879. The summed E-state index contributed by atoms with van der Waals surface area (Å²) < 4.78 is 13.3. The number of aromatic nitrogens is 2. The molecule has 0 aliphatic heterocycles. The van der Waals surface area contributed by atoms with Gasteiger partial charge in [0.1, 0.15) is 17.0 Å².